The van der Waals surface area contributed by atoms with E-state index in [4.69, 9.17) is 0 Å². The van der Waals surface area contributed by atoms with Crippen molar-refractivity contribution in [1.29, 1.82) is 0 Å². The van der Waals surface area contributed by atoms with E-state index in [1.807, 2.05) is 40.0 Å². The molecule has 1 saturated heterocycles. The van der Waals surface area contributed by atoms with Crippen LogP contribution in [0.2, 0.25) is 0 Å². The fourth-order valence-corrected chi connectivity index (χ4v) is 2.81. The Morgan fingerprint density at radius 3 is 2.95 bits per heavy atom. The zero-order chi connectivity index (χ0) is 13.2. The van der Waals surface area contributed by atoms with E-state index in [-0.39, 0.29) is 11.9 Å². The third-order valence-electron chi connectivity index (χ3n) is 3.37. The predicted octanol–water partition coefficient (Wildman–Crippen LogP) is 2.13. The Morgan fingerprint density at radius 1 is 1.37 bits per heavy atom. The Labute approximate surface area is 119 Å². The lowest BCUT2D eigenvalue weighted by Gasteiger charge is -2.17. The molecule has 0 bridgehead atoms. The highest BCUT2D eigenvalue weighted by Gasteiger charge is 2.29. The van der Waals surface area contributed by atoms with E-state index in [1.54, 1.807) is 6.20 Å². The standard InChI is InChI=1S/C13H13BrN4O/c14-12-4-2-1-3-11(12)13(19)17-7-5-10(9-17)18-8-6-15-16-18/h1-4,6,8,10H,5,7,9H2. The van der Waals surface area contributed by atoms with Crippen molar-refractivity contribution in [3.8, 4) is 0 Å². The highest BCUT2D eigenvalue weighted by atomic mass is 79.9. The number of amides is 1. The largest absolute Gasteiger partial charge is 0.336 e. The molecule has 3 rings (SSSR count). The summed E-state index contributed by atoms with van der Waals surface area (Å²) < 4.78 is 2.66. The van der Waals surface area contributed by atoms with Gasteiger partial charge in [-0.2, -0.15) is 0 Å². The van der Waals surface area contributed by atoms with Crippen LogP contribution in [0.4, 0.5) is 0 Å². The summed E-state index contributed by atoms with van der Waals surface area (Å²) in [5.41, 5.74) is 0.710. The van der Waals surface area contributed by atoms with E-state index >= 15 is 0 Å². The van der Waals surface area contributed by atoms with Crippen LogP contribution in [0.1, 0.15) is 22.8 Å². The molecule has 1 unspecified atom stereocenters. The molecule has 5 nitrogen and oxygen atoms in total. The van der Waals surface area contributed by atoms with Gasteiger partial charge in [-0.1, -0.05) is 17.3 Å². The van der Waals surface area contributed by atoms with Crippen molar-refractivity contribution in [1.82, 2.24) is 19.9 Å². The van der Waals surface area contributed by atoms with E-state index in [2.05, 4.69) is 26.2 Å². The maximum Gasteiger partial charge on any atom is 0.255 e. The second-order valence-corrected chi connectivity index (χ2v) is 5.41. The lowest BCUT2D eigenvalue weighted by molar-refractivity contribution is 0.0786. The molecule has 19 heavy (non-hydrogen) atoms. The first-order valence-corrected chi connectivity index (χ1v) is 6.94. The van der Waals surface area contributed by atoms with Gasteiger partial charge in [-0.3, -0.25) is 4.79 Å². The number of hydrogen-bond donors (Lipinski definition) is 0. The molecular weight excluding hydrogens is 308 g/mol. The van der Waals surface area contributed by atoms with Crippen LogP contribution in [0.3, 0.4) is 0 Å². The topological polar surface area (TPSA) is 51.0 Å². The van der Waals surface area contributed by atoms with Crippen molar-refractivity contribution in [2.24, 2.45) is 0 Å². The number of carbonyl (C=O) groups excluding carboxylic acids is 1. The summed E-state index contributed by atoms with van der Waals surface area (Å²) in [6.07, 6.45) is 4.43. The monoisotopic (exact) mass is 320 g/mol. The molecule has 1 aromatic heterocycles. The number of hydrogen-bond acceptors (Lipinski definition) is 3. The quantitative estimate of drug-likeness (QED) is 0.851. The number of nitrogens with zero attached hydrogens (tertiary/aromatic N) is 4. The third kappa shape index (κ3) is 2.40. The normalized spacial score (nSPS) is 18.8. The molecule has 1 aliphatic rings. The van der Waals surface area contributed by atoms with Crippen LogP contribution in [0, 0.1) is 0 Å². The van der Waals surface area contributed by atoms with Gasteiger partial charge in [0.15, 0.2) is 0 Å². The van der Waals surface area contributed by atoms with E-state index in [1.165, 1.54) is 0 Å². The molecule has 2 heterocycles. The van der Waals surface area contributed by atoms with Crippen LogP contribution in [0.25, 0.3) is 0 Å². The summed E-state index contributed by atoms with van der Waals surface area (Å²) in [6, 6.07) is 7.74. The average molecular weight is 321 g/mol. The molecule has 6 heteroatoms. The molecule has 0 saturated carbocycles. The molecule has 98 valence electrons. The molecule has 1 aliphatic heterocycles. The number of benzene rings is 1. The molecule has 0 N–H and O–H groups in total. The zero-order valence-corrected chi connectivity index (χ0v) is 11.8. The second kappa shape index (κ2) is 5.13. The molecule has 1 amide bonds. The maximum absolute atomic E-state index is 12.4. The SMILES string of the molecule is O=C(c1ccccc1Br)N1CCC(n2ccnn2)C1. The third-order valence-corrected chi connectivity index (χ3v) is 4.06. The van der Waals surface area contributed by atoms with Crippen molar-refractivity contribution in [2.45, 2.75) is 12.5 Å². The minimum absolute atomic E-state index is 0.0649. The van der Waals surface area contributed by atoms with Crippen LogP contribution < -0.4 is 0 Å². The van der Waals surface area contributed by atoms with E-state index in [9.17, 15) is 4.79 Å². The van der Waals surface area contributed by atoms with Crippen molar-refractivity contribution in [3.05, 3.63) is 46.7 Å². The zero-order valence-electron chi connectivity index (χ0n) is 10.2. The number of aromatic nitrogens is 3. The van der Waals surface area contributed by atoms with Gasteiger partial charge in [-0.15, -0.1) is 5.10 Å². The minimum Gasteiger partial charge on any atom is -0.336 e. The maximum atomic E-state index is 12.4. The van der Waals surface area contributed by atoms with Crippen LogP contribution in [-0.4, -0.2) is 38.9 Å². The van der Waals surface area contributed by atoms with Crippen LogP contribution in [0.5, 0.6) is 0 Å². The Bertz CT molecular complexity index is 584. The Kier molecular flexibility index (Phi) is 3.33. The van der Waals surface area contributed by atoms with Gasteiger partial charge in [-0.25, -0.2) is 4.68 Å². The lowest BCUT2D eigenvalue weighted by atomic mass is 10.2. The fourth-order valence-electron chi connectivity index (χ4n) is 2.36. The smallest absolute Gasteiger partial charge is 0.255 e. The van der Waals surface area contributed by atoms with Gasteiger partial charge in [0.1, 0.15) is 0 Å². The number of halogens is 1. The van der Waals surface area contributed by atoms with Crippen molar-refractivity contribution < 1.29 is 4.79 Å². The van der Waals surface area contributed by atoms with Gasteiger partial charge in [0.2, 0.25) is 0 Å². The first-order valence-electron chi connectivity index (χ1n) is 6.15. The molecule has 0 radical (unpaired) electrons. The molecule has 0 spiro atoms. The van der Waals surface area contributed by atoms with E-state index in [0.717, 1.165) is 17.4 Å². The van der Waals surface area contributed by atoms with E-state index in [0.29, 0.717) is 12.1 Å². The highest BCUT2D eigenvalue weighted by Crippen LogP contribution is 2.24. The first-order chi connectivity index (χ1) is 9.25. The summed E-state index contributed by atoms with van der Waals surface area (Å²) in [7, 11) is 0. The second-order valence-electron chi connectivity index (χ2n) is 4.56. The predicted molar refractivity (Wildman–Crippen MR) is 73.7 cm³/mol. The van der Waals surface area contributed by atoms with Crippen LogP contribution in [0.15, 0.2) is 41.1 Å². The van der Waals surface area contributed by atoms with Crippen LogP contribution >= 0.6 is 15.9 Å². The molecular formula is C13H13BrN4O. The minimum atomic E-state index is 0.0649. The lowest BCUT2D eigenvalue weighted by Crippen LogP contribution is -2.29. The first kappa shape index (κ1) is 12.3. The van der Waals surface area contributed by atoms with Gasteiger partial charge in [-0.05, 0) is 34.5 Å². The van der Waals surface area contributed by atoms with Crippen molar-refractivity contribution >= 4 is 21.8 Å². The van der Waals surface area contributed by atoms with Gasteiger partial charge < -0.3 is 4.90 Å². The van der Waals surface area contributed by atoms with Gasteiger partial charge in [0.05, 0.1) is 17.8 Å². The molecule has 1 aromatic carbocycles. The molecule has 1 atom stereocenters. The van der Waals surface area contributed by atoms with Crippen molar-refractivity contribution in [2.75, 3.05) is 13.1 Å². The van der Waals surface area contributed by atoms with Crippen molar-refractivity contribution in [3.63, 3.8) is 0 Å². The number of rotatable bonds is 2. The number of likely N-dealkylation sites (tertiary alicyclic amines) is 1. The summed E-state index contributed by atoms with van der Waals surface area (Å²) in [5.74, 6) is 0.0649. The Hall–Kier alpha value is -1.69. The highest BCUT2D eigenvalue weighted by molar-refractivity contribution is 9.10. The summed E-state index contributed by atoms with van der Waals surface area (Å²) in [4.78, 5) is 14.3. The molecule has 2 aromatic rings. The summed E-state index contributed by atoms with van der Waals surface area (Å²) in [5, 5.41) is 7.81. The average Bonchev–Trinajstić information content (AvgIpc) is 3.09. The van der Waals surface area contributed by atoms with Gasteiger partial charge in [0.25, 0.3) is 5.91 Å². The number of carbonyl (C=O) groups is 1. The van der Waals surface area contributed by atoms with Gasteiger partial charge in [0, 0.05) is 23.8 Å². The molecule has 0 aliphatic carbocycles. The van der Waals surface area contributed by atoms with E-state index < -0.39 is 0 Å². The Balaban J connectivity index is 1.75. The summed E-state index contributed by atoms with van der Waals surface area (Å²) >= 11 is 3.42. The fraction of sp³-hybridized carbons (Fsp3) is 0.308. The summed E-state index contributed by atoms with van der Waals surface area (Å²) in [6.45, 7) is 1.44. The van der Waals surface area contributed by atoms with Crippen LogP contribution in [-0.2, 0) is 0 Å². The Morgan fingerprint density at radius 2 is 2.21 bits per heavy atom. The van der Waals surface area contributed by atoms with Gasteiger partial charge >= 0.3 is 0 Å². The molecule has 1 fully saturated rings.